The van der Waals surface area contributed by atoms with Crippen molar-refractivity contribution < 1.29 is 4.74 Å². The molecule has 10 rings (SSSR count). The molecule has 0 bridgehead atoms. The van der Waals surface area contributed by atoms with Gasteiger partial charge in [-0.05, 0) is 41.5 Å². The van der Waals surface area contributed by atoms with Crippen LogP contribution in [0.15, 0.2) is 133 Å². The molecular weight excluding hydrogens is 524 g/mol. The van der Waals surface area contributed by atoms with E-state index in [9.17, 15) is 0 Å². The van der Waals surface area contributed by atoms with Gasteiger partial charge in [0.25, 0.3) is 0 Å². The van der Waals surface area contributed by atoms with Crippen LogP contribution in [0, 0.1) is 0 Å². The third kappa shape index (κ3) is 3.09. The average molecular weight is 551 g/mol. The Bertz CT molecular complexity index is 2360. The van der Waals surface area contributed by atoms with E-state index in [-0.39, 0.29) is 6.10 Å². The van der Waals surface area contributed by atoms with E-state index in [2.05, 4.69) is 143 Å². The number of fused-ring (bicyclic) bond motifs is 15. The van der Waals surface area contributed by atoms with Gasteiger partial charge in [0, 0.05) is 61.8 Å². The van der Waals surface area contributed by atoms with E-state index in [1.165, 1.54) is 66.5 Å². The second kappa shape index (κ2) is 8.50. The predicted octanol–water partition coefficient (Wildman–Crippen LogP) is 10.2. The van der Waals surface area contributed by atoms with E-state index in [4.69, 9.17) is 4.74 Å². The molecule has 3 aliphatic rings. The first kappa shape index (κ1) is 23.1. The van der Waals surface area contributed by atoms with Crippen molar-refractivity contribution in [2.75, 3.05) is 0 Å². The van der Waals surface area contributed by atoms with Crippen molar-refractivity contribution in [2.45, 2.75) is 12.5 Å². The van der Waals surface area contributed by atoms with Gasteiger partial charge in [0.15, 0.2) is 0 Å². The van der Waals surface area contributed by atoms with Crippen molar-refractivity contribution in [3.05, 3.63) is 139 Å². The maximum atomic E-state index is 6.36. The summed E-state index contributed by atoms with van der Waals surface area (Å²) in [6, 6.07) is 42.0. The fourth-order valence-corrected chi connectivity index (χ4v) is 7.61. The highest BCUT2D eigenvalue weighted by Gasteiger charge is 2.32. The Labute approximate surface area is 249 Å². The molecule has 3 heterocycles. The molecule has 5 aromatic carbocycles. The van der Waals surface area contributed by atoms with Gasteiger partial charge in [0.1, 0.15) is 11.9 Å². The molecule has 202 valence electrons. The summed E-state index contributed by atoms with van der Waals surface area (Å²) in [4.78, 5) is 3.83. The molecule has 43 heavy (non-hydrogen) atoms. The molecule has 0 amide bonds. The minimum absolute atomic E-state index is 0.102. The van der Waals surface area contributed by atoms with Crippen LogP contribution in [0.25, 0.3) is 77.8 Å². The number of aromatic nitrogens is 2. The maximum absolute atomic E-state index is 6.36. The number of aromatic amines is 1. The summed E-state index contributed by atoms with van der Waals surface area (Å²) in [5.41, 5.74) is 15.8. The smallest absolute Gasteiger partial charge is 0.128 e. The Balaban J connectivity index is 1.37. The molecular formula is C40H26N2O. The van der Waals surface area contributed by atoms with Gasteiger partial charge >= 0.3 is 0 Å². The Hall–Kier alpha value is -5.54. The summed E-state index contributed by atoms with van der Waals surface area (Å²) < 4.78 is 8.83. The van der Waals surface area contributed by atoms with Gasteiger partial charge < -0.3 is 14.3 Å². The molecule has 2 aliphatic carbocycles. The third-order valence-corrected chi connectivity index (χ3v) is 9.41. The van der Waals surface area contributed by atoms with Gasteiger partial charge in [-0.3, -0.25) is 0 Å². The van der Waals surface area contributed by atoms with E-state index in [0.29, 0.717) is 0 Å². The van der Waals surface area contributed by atoms with Crippen molar-refractivity contribution in [3.8, 4) is 56.2 Å². The molecule has 0 spiro atoms. The highest BCUT2D eigenvalue weighted by molar-refractivity contribution is 6.16. The first-order valence-electron chi connectivity index (χ1n) is 15.0. The van der Waals surface area contributed by atoms with E-state index in [1.54, 1.807) is 0 Å². The fourth-order valence-electron chi connectivity index (χ4n) is 7.61. The van der Waals surface area contributed by atoms with Crippen LogP contribution in [0.4, 0.5) is 0 Å². The standard InChI is InChI=1S/C40H26N2O/c1-2-13-27-26(12-1)37-30-16-5-8-18-33(30)41-39(37)28-14-3-4-15-29(28)40-38(27)31-17-6-9-19-34(31)42(40)24-21-22-36-32(23-24)25-11-7-10-20-35(25)43-36/h1-19,21-23,35,41H,20H2. The Kier molecular flexibility index (Phi) is 4.56. The largest absolute Gasteiger partial charge is 0.485 e. The molecule has 0 fully saturated rings. The minimum Gasteiger partial charge on any atom is -0.485 e. The zero-order valence-electron chi connectivity index (χ0n) is 23.3. The van der Waals surface area contributed by atoms with Gasteiger partial charge in [-0.25, -0.2) is 0 Å². The van der Waals surface area contributed by atoms with Crippen LogP contribution < -0.4 is 4.74 Å². The monoisotopic (exact) mass is 550 g/mol. The number of nitrogens with zero attached hydrogens (tertiary/aromatic N) is 1. The van der Waals surface area contributed by atoms with Crippen molar-refractivity contribution in [1.29, 1.82) is 0 Å². The predicted molar refractivity (Wildman–Crippen MR) is 177 cm³/mol. The second-order valence-electron chi connectivity index (χ2n) is 11.7. The van der Waals surface area contributed by atoms with E-state index >= 15 is 0 Å². The van der Waals surface area contributed by atoms with Gasteiger partial charge in [0.2, 0.25) is 0 Å². The Morgan fingerprint density at radius 2 is 1.37 bits per heavy atom. The summed E-state index contributed by atoms with van der Waals surface area (Å²) in [6.07, 6.45) is 7.57. The number of hydrogen-bond acceptors (Lipinski definition) is 1. The van der Waals surface area contributed by atoms with Crippen LogP contribution in [-0.4, -0.2) is 15.7 Å². The zero-order valence-corrected chi connectivity index (χ0v) is 23.3. The molecule has 2 aromatic heterocycles. The van der Waals surface area contributed by atoms with Gasteiger partial charge in [-0.15, -0.1) is 0 Å². The maximum Gasteiger partial charge on any atom is 0.128 e. The quantitative estimate of drug-likeness (QED) is 0.216. The molecule has 3 heteroatoms. The van der Waals surface area contributed by atoms with Crippen molar-refractivity contribution in [3.63, 3.8) is 0 Å². The summed E-state index contributed by atoms with van der Waals surface area (Å²) in [5, 5.41) is 2.49. The number of rotatable bonds is 1. The molecule has 1 N–H and O–H groups in total. The lowest BCUT2D eigenvalue weighted by Crippen LogP contribution is -2.12. The highest BCUT2D eigenvalue weighted by atomic mass is 16.5. The summed E-state index contributed by atoms with van der Waals surface area (Å²) in [6.45, 7) is 0. The zero-order chi connectivity index (χ0) is 28.1. The Morgan fingerprint density at radius 1 is 0.651 bits per heavy atom. The van der Waals surface area contributed by atoms with Crippen molar-refractivity contribution >= 4 is 27.4 Å². The molecule has 3 nitrogen and oxygen atoms in total. The lowest BCUT2D eigenvalue weighted by molar-refractivity contribution is 0.279. The van der Waals surface area contributed by atoms with Crippen molar-refractivity contribution in [1.82, 2.24) is 9.55 Å². The van der Waals surface area contributed by atoms with Crippen LogP contribution in [0.5, 0.6) is 5.75 Å². The normalized spacial score (nSPS) is 15.8. The van der Waals surface area contributed by atoms with Crippen LogP contribution in [0.3, 0.4) is 0 Å². The minimum atomic E-state index is 0.102. The Morgan fingerprint density at radius 3 is 2.26 bits per heavy atom. The van der Waals surface area contributed by atoms with Gasteiger partial charge in [0.05, 0.1) is 16.9 Å². The first-order valence-corrected chi connectivity index (χ1v) is 15.0. The topological polar surface area (TPSA) is 29.9 Å². The van der Waals surface area contributed by atoms with E-state index < -0.39 is 0 Å². The number of ether oxygens (including phenoxy) is 1. The van der Waals surface area contributed by atoms with Crippen LogP contribution in [-0.2, 0) is 0 Å². The lowest BCUT2D eigenvalue weighted by Gasteiger charge is -2.21. The molecule has 1 unspecified atom stereocenters. The second-order valence-corrected chi connectivity index (χ2v) is 11.7. The average Bonchev–Trinajstić information content (AvgIpc) is 3.73. The number of hydrogen-bond donors (Lipinski definition) is 1. The third-order valence-electron chi connectivity index (χ3n) is 9.41. The molecule has 0 radical (unpaired) electrons. The lowest BCUT2D eigenvalue weighted by atomic mass is 9.84. The van der Waals surface area contributed by atoms with Crippen molar-refractivity contribution in [2.24, 2.45) is 0 Å². The molecule has 0 saturated carbocycles. The van der Waals surface area contributed by atoms with E-state index in [0.717, 1.165) is 29.1 Å². The number of nitrogens with one attached hydrogen (secondary N) is 1. The summed E-state index contributed by atoms with van der Waals surface area (Å²) in [7, 11) is 0. The molecule has 7 aromatic rings. The number of para-hydroxylation sites is 2. The van der Waals surface area contributed by atoms with Crippen LogP contribution in [0.1, 0.15) is 12.0 Å². The first-order chi connectivity index (χ1) is 21.3. The molecule has 1 atom stereocenters. The summed E-state index contributed by atoms with van der Waals surface area (Å²) >= 11 is 0. The highest BCUT2D eigenvalue weighted by Crippen LogP contribution is 2.53. The van der Waals surface area contributed by atoms with Crippen LogP contribution in [0.2, 0.25) is 0 Å². The number of H-pyrrole nitrogens is 1. The number of allylic oxidation sites excluding steroid dienone is 2. The summed E-state index contributed by atoms with van der Waals surface area (Å²) in [5.74, 6) is 0.969. The van der Waals surface area contributed by atoms with E-state index in [1.807, 2.05) is 0 Å². The molecule has 1 aliphatic heterocycles. The fraction of sp³-hybridized carbons (Fsp3) is 0.0500. The van der Waals surface area contributed by atoms with Gasteiger partial charge in [-0.1, -0.05) is 103 Å². The van der Waals surface area contributed by atoms with Crippen LogP contribution >= 0.6 is 0 Å². The SMILES string of the molecule is C1=CCC2Oc3ccc(-n4c5c(c6ccccc64)-c4ccccc4-c4c([nH]c6ccccc46)-c4ccccc4-5)cc3C2=C1. The van der Waals surface area contributed by atoms with Gasteiger partial charge in [-0.2, -0.15) is 0 Å². The number of benzene rings is 5. The molecule has 0 saturated heterocycles.